The van der Waals surface area contributed by atoms with E-state index in [1.54, 1.807) is 22.6 Å². The molecule has 2 unspecified atom stereocenters. The molecular formula is C9H11IN3O13P3-4. The highest BCUT2D eigenvalue weighted by atomic mass is 127. The third kappa shape index (κ3) is 7.43. The third-order valence-corrected chi connectivity index (χ3v) is 7.74. The number of aromatic nitrogens is 2. The zero-order valence-corrected chi connectivity index (χ0v) is 18.6. The maximum atomic E-state index is 11.9. The van der Waals surface area contributed by atoms with Gasteiger partial charge in [0.15, 0.2) is 0 Å². The van der Waals surface area contributed by atoms with Crippen molar-refractivity contribution in [1.29, 1.82) is 0 Å². The van der Waals surface area contributed by atoms with E-state index in [4.69, 9.17) is 10.5 Å². The van der Waals surface area contributed by atoms with Crippen LogP contribution in [0, 0.1) is 3.57 Å². The SMILES string of the molecule is Nc1nc(=O)n([C@H]2C[C@H](O)[C@@H](COP(=O)([O-])OP(=O)([O-])OP(=O)([O-])[O-])O2)cc1I. The van der Waals surface area contributed by atoms with Crippen LogP contribution in [0.5, 0.6) is 0 Å². The number of nitrogen functional groups attached to an aromatic ring is 1. The molecule has 1 aliphatic rings. The Balaban J connectivity index is 2.02. The fourth-order valence-electron chi connectivity index (χ4n) is 2.15. The number of aliphatic hydroxyl groups excluding tert-OH is 1. The average Bonchev–Trinajstić information content (AvgIpc) is 2.86. The minimum absolute atomic E-state index is 0.0281. The Hall–Kier alpha value is -0.260. The van der Waals surface area contributed by atoms with E-state index in [9.17, 15) is 43.2 Å². The molecule has 1 fully saturated rings. The van der Waals surface area contributed by atoms with Gasteiger partial charge in [0.25, 0.3) is 15.6 Å². The van der Waals surface area contributed by atoms with Gasteiger partial charge < -0.3 is 44.2 Å². The molecule has 0 aliphatic carbocycles. The molecule has 2 heterocycles. The molecule has 1 aromatic rings. The van der Waals surface area contributed by atoms with Gasteiger partial charge in [-0.05, 0) is 22.6 Å². The lowest BCUT2D eigenvalue weighted by atomic mass is 10.2. The molecule has 16 nitrogen and oxygen atoms in total. The van der Waals surface area contributed by atoms with Gasteiger partial charge in [-0.1, -0.05) is 0 Å². The predicted molar refractivity (Wildman–Crippen MR) is 91.1 cm³/mol. The first kappa shape index (κ1) is 25.0. The standard InChI is InChI=1S/C9H15IN3O13P3/c10-4-2-13(9(15)12-8(4)11)7-1-5(14)6(24-7)3-23-28(19,20)26-29(21,22)25-27(16,17)18/h2,5-7,14H,1,3H2,(H,19,20)(H,21,22)(H2,11,12,15)(H2,16,17,18)/p-4/t5-,6+,7+/m0/s1. The Bertz CT molecular complexity index is 965. The Morgan fingerprint density at radius 1 is 1.28 bits per heavy atom. The first-order valence-corrected chi connectivity index (χ1v) is 12.6. The molecular weight excluding hydrogens is 578 g/mol. The lowest BCUT2D eigenvalue weighted by Crippen LogP contribution is -2.29. The summed E-state index contributed by atoms with van der Waals surface area (Å²) in [6.07, 6.45) is -2.66. The molecule has 166 valence electrons. The van der Waals surface area contributed by atoms with E-state index < -0.39 is 54.2 Å². The number of hydrogen-bond acceptors (Lipinski definition) is 15. The highest BCUT2D eigenvalue weighted by Gasteiger charge is 2.37. The van der Waals surface area contributed by atoms with Crippen molar-refractivity contribution >= 4 is 51.9 Å². The minimum atomic E-state index is -6.11. The Morgan fingerprint density at radius 2 is 1.90 bits per heavy atom. The van der Waals surface area contributed by atoms with Gasteiger partial charge in [0.05, 0.1) is 24.1 Å². The molecule has 0 amide bonds. The van der Waals surface area contributed by atoms with Crippen molar-refractivity contribution < 1.29 is 56.3 Å². The van der Waals surface area contributed by atoms with Gasteiger partial charge in [-0.25, -0.2) is 9.11 Å². The zero-order valence-electron chi connectivity index (χ0n) is 13.8. The molecule has 3 N–H and O–H groups in total. The van der Waals surface area contributed by atoms with Crippen molar-refractivity contribution in [2.75, 3.05) is 12.3 Å². The number of anilines is 1. The summed E-state index contributed by atoms with van der Waals surface area (Å²) in [6, 6.07) is 0. The molecule has 1 aromatic heterocycles. The summed E-state index contributed by atoms with van der Waals surface area (Å²) in [5.41, 5.74) is 4.69. The lowest BCUT2D eigenvalue weighted by molar-refractivity contribution is -0.339. The Kier molecular flexibility index (Phi) is 7.83. The maximum Gasteiger partial charge on any atom is 0.351 e. The summed E-state index contributed by atoms with van der Waals surface area (Å²) in [5.74, 6) is -0.0281. The second-order valence-electron chi connectivity index (χ2n) is 5.40. The molecule has 0 spiro atoms. The molecule has 1 aliphatic heterocycles. The van der Waals surface area contributed by atoms with Crippen molar-refractivity contribution in [2.24, 2.45) is 0 Å². The van der Waals surface area contributed by atoms with Crippen LogP contribution in [-0.4, -0.2) is 33.5 Å². The topological polar surface area (TPSA) is 262 Å². The summed E-state index contributed by atoms with van der Waals surface area (Å²) in [6.45, 7) is -0.973. The first-order chi connectivity index (χ1) is 13.1. The highest BCUT2D eigenvalue weighted by Crippen LogP contribution is 2.60. The summed E-state index contributed by atoms with van der Waals surface area (Å²) >= 11 is 1.80. The molecule has 1 saturated heterocycles. The normalized spacial score (nSPS) is 26.8. The van der Waals surface area contributed by atoms with Crippen LogP contribution < -0.4 is 31.0 Å². The fourth-order valence-corrected chi connectivity index (χ4v) is 5.43. The lowest BCUT2D eigenvalue weighted by Gasteiger charge is -2.37. The Morgan fingerprint density at radius 3 is 2.48 bits per heavy atom. The van der Waals surface area contributed by atoms with Crippen molar-refractivity contribution in [1.82, 2.24) is 9.55 Å². The van der Waals surface area contributed by atoms with Crippen molar-refractivity contribution in [3.05, 3.63) is 20.3 Å². The summed E-state index contributed by atoms with van der Waals surface area (Å²) in [4.78, 5) is 58.5. The van der Waals surface area contributed by atoms with Crippen molar-refractivity contribution in [2.45, 2.75) is 24.9 Å². The van der Waals surface area contributed by atoms with Crippen molar-refractivity contribution in [3.8, 4) is 0 Å². The van der Waals surface area contributed by atoms with E-state index in [0.29, 0.717) is 3.57 Å². The van der Waals surface area contributed by atoms with Gasteiger partial charge in [-0.15, -0.1) is 0 Å². The predicted octanol–water partition coefficient (Wildman–Crippen LogP) is -3.11. The molecule has 5 atom stereocenters. The number of halogens is 1. The number of aliphatic hydroxyl groups is 1. The molecule has 0 bridgehead atoms. The molecule has 0 aromatic carbocycles. The van der Waals surface area contributed by atoms with Gasteiger partial charge >= 0.3 is 5.69 Å². The number of nitrogens with two attached hydrogens (primary N) is 1. The number of ether oxygens (including phenoxy) is 1. The summed E-state index contributed by atoms with van der Waals surface area (Å²) in [7, 11) is -17.9. The molecule has 29 heavy (non-hydrogen) atoms. The maximum absolute atomic E-state index is 11.9. The summed E-state index contributed by atoms with van der Waals surface area (Å²) in [5, 5.41) is 9.96. The first-order valence-electron chi connectivity index (χ1n) is 7.17. The van der Waals surface area contributed by atoms with Crippen LogP contribution in [0.3, 0.4) is 0 Å². The number of phosphoric acid groups is 3. The molecule has 20 heteroatoms. The van der Waals surface area contributed by atoms with Crippen LogP contribution in [0.1, 0.15) is 12.6 Å². The van der Waals surface area contributed by atoms with E-state index in [0.717, 1.165) is 4.57 Å². The van der Waals surface area contributed by atoms with Gasteiger partial charge in [-0.3, -0.25) is 18.0 Å². The Labute approximate surface area is 175 Å². The number of phosphoric ester groups is 1. The van der Waals surface area contributed by atoms with Crippen LogP contribution >= 0.6 is 46.1 Å². The van der Waals surface area contributed by atoms with E-state index >= 15 is 0 Å². The molecule has 0 saturated carbocycles. The number of nitrogens with zero attached hydrogens (tertiary/aromatic N) is 2. The van der Waals surface area contributed by atoms with E-state index in [2.05, 4.69) is 18.1 Å². The van der Waals surface area contributed by atoms with Crippen LogP contribution in [0.25, 0.3) is 0 Å². The largest absolute Gasteiger partial charge is 0.790 e. The van der Waals surface area contributed by atoms with Gasteiger partial charge in [0.2, 0.25) is 0 Å². The summed E-state index contributed by atoms with van der Waals surface area (Å²) < 4.78 is 50.2. The van der Waals surface area contributed by atoms with E-state index in [1.165, 1.54) is 6.20 Å². The smallest absolute Gasteiger partial charge is 0.351 e. The quantitative estimate of drug-likeness (QED) is 0.225. The third-order valence-electron chi connectivity index (χ3n) is 3.25. The van der Waals surface area contributed by atoms with E-state index in [1.807, 2.05) is 0 Å². The van der Waals surface area contributed by atoms with Crippen LogP contribution in [-0.2, 0) is 31.6 Å². The zero-order chi connectivity index (χ0) is 22.2. The fraction of sp³-hybridized carbons (Fsp3) is 0.556. The van der Waals surface area contributed by atoms with Crippen LogP contribution in [0.15, 0.2) is 11.0 Å². The van der Waals surface area contributed by atoms with Gasteiger partial charge in [-0.2, -0.15) is 4.98 Å². The minimum Gasteiger partial charge on any atom is -0.790 e. The highest BCUT2D eigenvalue weighted by molar-refractivity contribution is 14.1. The monoisotopic (exact) mass is 589 g/mol. The van der Waals surface area contributed by atoms with Crippen LogP contribution in [0.2, 0.25) is 0 Å². The molecule has 0 radical (unpaired) electrons. The number of rotatable bonds is 8. The second-order valence-corrected chi connectivity index (χ2v) is 10.8. The number of hydrogen-bond donors (Lipinski definition) is 2. The van der Waals surface area contributed by atoms with Crippen LogP contribution in [0.4, 0.5) is 5.82 Å². The molecule has 2 rings (SSSR count). The van der Waals surface area contributed by atoms with Gasteiger partial charge in [0, 0.05) is 12.6 Å². The average molecular weight is 589 g/mol. The van der Waals surface area contributed by atoms with Gasteiger partial charge in [0.1, 0.15) is 18.1 Å². The van der Waals surface area contributed by atoms with E-state index in [-0.39, 0.29) is 12.2 Å². The second kappa shape index (κ2) is 9.08. The van der Waals surface area contributed by atoms with Crippen molar-refractivity contribution in [3.63, 3.8) is 0 Å².